The van der Waals surface area contributed by atoms with Crippen LogP contribution in [0.5, 0.6) is 0 Å². The second-order valence-corrected chi connectivity index (χ2v) is 8.79. The van der Waals surface area contributed by atoms with Crippen LogP contribution in [-0.4, -0.2) is 38.5 Å². The molecule has 0 aliphatic rings. The summed E-state index contributed by atoms with van der Waals surface area (Å²) in [6, 6.07) is 9.80. The Hall–Kier alpha value is -3.21. The summed E-state index contributed by atoms with van der Waals surface area (Å²) >= 11 is 0. The van der Waals surface area contributed by atoms with E-state index in [1.54, 1.807) is 31.3 Å². The lowest BCUT2D eigenvalue weighted by atomic mass is 10.2. The minimum absolute atomic E-state index is 0.0166. The smallest absolute Gasteiger partial charge is 0.316 e. The number of rotatable bonds is 4. The van der Waals surface area contributed by atoms with Crippen LogP contribution in [0.2, 0.25) is 0 Å². The van der Waals surface area contributed by atoms with Gasteiger partial charge in [0, 0.05) is 30.4 Å². The SMILES string of the molecule is CCS(=O)(=O)c1c(-n2cc3cnc(C(F)(F)F)cc3n2)nc(-c2ccccc2)n1C. The minimum atomic E-state index is -4.61. The lowest BCUT2D eigenvalue weighted by molar-refractivity contribution is -0.141. The maximum absolute atomic E-state index is 13.0. The normalized spacial score (nSPS) is 12.6. The Kier molecular flexibility index (Phi) is 4.64. The number of sulfone groups is 1. The highest BCUT2D eigenvalue weighted by molar-refractivity contribution is 7.91. The van der Waals surface area contributed by atoms with E-state index in [0.717, 1.165) is 12.3 Å². The molecule has 0 saturated carbocycles. The molecule has 0 radical (unpaired) electrons. The molecule has 1 aromatic carbocycles. The molecule has 0 amide bonds. The number of fused-ring (bicyclic) bond motifs is 1. The van der Waals surface area contributed by atoms with Crippen LogP contribution in [0.3, 0.4) is 0 Å². The van der Waals surface area contributed by atoms with Crippen molar-refractivity contribution in [2.45, 2.75) is 18.1 Å². The summed E-state index contributed by atoms with van der Waals surface area (Å²) < 4.78 is 67.1. The lowest BCUT2D eigenvalue weighted by Crippen LogP contribution is -2.13. The number of nitrogens with zero attached hydrogens (tertiary/aromatic N) is 5. The van der Waals surface area contributed by atoms with Crippen molar-refractivity contribution in [3.8, 4) is 17.2 Å². The summed E-state index contributed by atoms with van der Waals surface area (Å²) in [6.07, 6.45) is -2.15. The number of alkyl halides is 3. The maximum atomic E-state index is 13.0. The molecular formula is C19H16F3N5O2S. The van der Waals surface area contributed by atoms with Gasteiger partial charge in [0.2, 0.25) is 0 Å². The van der Waals surface area contributed by atoms with E-state index >= 15 is 0 Å². The lowest BCUT2D eigenvalue weighted by Gasteiger charge is -2.07. The molecule has 156 valence electrons. The van der Waals surface area contributed by atoms with Gasteiger partial charge in [-0.05, 0) is 6.07 Å². The predicted octanol–water partition coefficient (Wildman–Crippen LogP) is 3.63. The van der Waals surface area contributed by atoms with Crippen LogP contribution in [-0.2, 0) is 23.1 Å². The van der Waals surface area contributed by atoms with Gasteiger partial charge in [-0.1, -0.05) is 37.3 Å². The van der Waals surface area contributed by atoms with Crippen LogP contribution >= 0.6 is 0 Å². The fraction of sp³-hybridized carbons (Fsp3) is 0.211. The number of hydrogen-bond acceptors (Lipinski definition) is 5. The first-order valence-electron chi connectivity index (χ1n) is 8.89. The van der Waals surface area contributed by atoms with Gasteiger partial charge in [-0.25, -0.2) is 18.1 Å². The average Bonchev–Trinajstić information content (AvgIpc) is 3.28. The van der Waals surface area contributed by atoms with E-state index in [1.807, 2.05) is 6.07 Å². The molecular weight excluding hydrogens is 419 g/mol. The molecule has 0 fully saturated rings. The molecule has 0 atom stereocenters. The summed E-state index contributed by atoms with van der Waals surface area (Å²) in [5.74, 6) is 0.239. The fourth-order valence-corrected chi connectivity index (χ4v) is 4.32. The summed E-state index contributed by atoms with van der Waals surface area (Å²) in [6.45, 7) is 1.51. The summed E-state index contributed by atoms with van der Waals surface area (Å²) in [7, 11) is -2.14. The van der Waals surface area contributed by atoms with Crippen LogP contribution in [0.1, 0.15) is 12.6 Å². The van der Waals surface area contributed by atoms with Crippen molar-refractivity contribution in [1.29, 1.82) is 0 Å². The van der Waals surface area contributed by atoms with Crippen molar-refractivity contribution < 1.29 is 21.6 Å². The van der Waals surface area contributed by atoms with Gasteiger partial charge in [-0.2, -0.15) is 18.3 Å². The van der Waals surface area contributed by atoms with Gasteiger partial charge >= 0.3 is 6.18 Å². The molecule has 4 rings (SSSR count). The molecule has 0 aliphatic carbocycles. The van der Waals surface area contributed by atoms with E-state index in [-0.39, 0.29) is 22.1 Å². The fourth-order valence-electron chi connectivity index (χ4n) is 3.13. The maximum Gasteiger partial charge on any atom is 0.433 e. The molecule has 0 N–H and O–H groups in total. The van der Waals surface area contributed by atoms with Crippen molar-refractivity contribution in [3.63, 3.8) is 0 Å². The van der Waals surface area contributed by atoms with Gasteiger partial charge in [0.1, 0.15) is 11.5 Å². The van der Waals surface area contributed by atoms with Crippen molar-refractivity contribution in [1.82, 2.24) is 24.3 Å². The molecule has 30 heavy (non-hydrogen) atoms. The predicted molar refractivity (Wildman–Crippen MR) is 104 cm³/mol. The Bertz CT molecular complexity index is 1340. The Labute approximate surface area is 169 Å². The minimum Gasteiger partial charge on any atom is -0.316 e. The molecule has 0 saturated heterocycles. The van der Waals surface area contributed by atoms with E-state index in [4.69, 9.17) is 0 Å². The van der Waals surface area contributed by atoms with Crippen LogP contribution < -0.4 is 0 Å². The van der Waals surface area contributed by atoms with E-state index in [1.165, 1.54) is 22.4 Å². The second kappa shape index (κ2) is 6.94. The average molecular weight is 435 g/mol. The molecule has 4 aromatic rings. The third-order valence-corrected chi connectivity index (χ3v) is 6.43. The molecule has 11 heteroatoms. The number of imidazole rings is 1. The molecule has 0 bridgehead atoms. The number of aromatic nitrogens is 5. The molecule has 0 unspecified atom stereocenters. The van der Waals surface area contributed by atoms with E-state index in [0.29, 0.717) is 16.8 Å². The topological polar surface area (TPSA) is 82.7 Å². The van der Waals surface area contributed by atoms with Crippen LogP contribution in [0.25, 0.3) is 28.1 Å². The van der Waals surface area contributed by atoms with Gasteiger partial charge in [0.15, 0.2) is 20.7 Å². The number of hydrogen-bond donors (Lipinski definition) is 0. The van der Waals surface area contributed by atoms with Gasteiger partial charge in [-0.3, -0.25) is 4.98 Å². The van der Waals surface area contributed by atoms with Crippen LogP contribution in [0.15, 0.2) is 53.8 Å². The standard InChI is InChI=1S/C19H16F3N5O2S/c1-3-30(28,29)18-17(24-16(26(18)2)12-7-5-4-6-8-12)27-11-13-10-23-15(19(20,21)22)9-14(13)25-27/h4-11H,3H2,1-2H3. The zero-order chi connectivity index (χ0) is 21.7. The van der Waals surface area contributed by atoms with E-state index in [2.05, 4.69) is 15.1 Å². The highest BCUT2D eigenvalue weighted by Crippen LogP contribution is 2.31. The van der Waals surface area contributed by atoms with E-state index < -0.39 is 21.7 Å². The third kappa shape index (κ3) is 3.34. The van der Waals surface area contributed by atoms with Gasteiger partial charge in [-0.15, -0.1) is 0 Å². The van der Waals surface area contributed by atoms with Crippen molar-refractivity contribution in [2.75, 3.05) is 5.75 Å². The summed E-state index contributed by atoms with van der Waals surface area (Å²) in [4.78, 5) is 7.89. The Morgan fingerprint density at radius 2 is 1.83 bits per heavy atom. The van der Waals surface area contributed by atoms with Crippen LogP contribution in [0.4, 0.5) is 13.2 Å². The summed E-state index contributed by atoms with van der Waals surface area (Å²) in [5, 5.41) is 4.41. The van der Waals surface area contributed by atoms with Gasteiger partial charge in [0.25, 0.3) is 0 Å². The Balaban J connectivity index is 1.96. The molecule has 0 spiro atoms. The zero-order valence-electron chi connectivity index (χ0n) is 15.9. The third-order valence-electron chi connectivity index (χ3n) is 4.63. The van der Waals surface area contributed by atoms with Gasteiger partial charge < -0.3 is 4.57 Å². The largest absolute Gasteiger partial charge is 0.433 e. The van der Waals surface area contributed by atoms with Crippen molar-refractivity contribution >= 4 is 20.7 Å². The first-order valence-corrected chi connectivity index (χ1v) is 10.5. The first-order chi connectivity index (χ1) is 14.1. The van der Waals surface area contributed by atoms with Crippen LogP contribution in [0, 0.1) is 0 Å². The van der Waals surface area contributed by atoms with Crippen molar-refractivity contribution in [3.05, 3.63) is 54.5 Å². The second-order valence-electron chi connectivity index (χ2n) is 6.59. The Morgan fingerprint density at radius 3 is 2.47 bits per heavy atom. The number of halogens is 3. The quantitative estimate of drug-likeness (QED) is 0.489. The highest BCUT2D eigenvalue weighted by atomic mass is 32.2. The summed E-state index contributed by atoms with van der Waals surface area (Å²) in [5.41, 5.74) is -0.353. The van der Waals surface area contributed by atoms with Gasteiger partial charge in [0.05, 0.1) is 11.3 Å². The molecule has 3 heterocycles. The highest BCUT2D eigenvalue weighted by Gasteiger charge is 2.33. The molecule has 7 nitrogen and oxygen atoms in total. The number of pyridine rings is 1. The Morgan fingerprint density at radius 1 is 1.13 bits per heavy atom. The monoisotopic (exact) mass is 435 g/mol. The molecule has 3 aromatic heterocycles. The number of benzene rings is 1. The first kappa shape index (κ1) is 20.1. The molecule has 0 aliphatic heterocycles. The van der Waals surface area contributed by atoms with Crippen molar-refractivity contribution in [2.24, 2.45) is 7.05 Å². The van der Waals surface area contributed by atoms with E-state index in [9.17, 15) is 21.6 Å². The zero-order valence-corrected chi connectivity index (χ0v) is 16.7.